The van der Waals surface area contributed by atoms with Crippen LogP contribution in [0.4, 0.5) is 0 Å². The zero-order valence-electron chi connectivity index (χ0n) is 12.1. The van der Waals surface area contributed by atoms with E-state index in [9.17, 15) is 0 Å². The molecule has 1 atom stereocenters. The number of likely N-dealkylation sites (tertiary alicyclic amines) is 1. The van der Waals surface area contributed by atoms with Gasteiger partial charge in [0.15, 0.2) is 0 Å². The van der Waals surface area contributed by atoms with E-state index in [1.165, 1.54) is 37.1 Å². The van der Waals surface area contributed by atoms with E-state index in [-0.39, 0.29) is 0 Å². The summed E-state index contributed by atoms with van der Waals surface area (Å²) in [4.78, 5) is 7.49. The molecule has 19 heavy (non-hydrogen) atoms. The molecule has 0 spiro atoms. The van der Waals surface area contributed by atoms with Crippen molar-refractivity contribution in [1.29, 1.82) is 0 Å². The molecule has 0 radical (unpaired) electrons. The molecule has 0 amide bonds. The van der Waals surface area contributed by atoms with Gasteiger partial charge < -0.3 is 4.40 Å². The molecule has 0 saturated carbocycles. The molecule has 102 valence electrons. The molecule has 1 fully saturated rings. The van der Waals surface area contributed by atoms with Gasteiger partial charge in [0.1, 0.15) is 5.65 Å². The molecule has 0 bridgehead atoms. The maximum absolute atomic E-state index is 4.89. The first-order valence-corrected chi connectivity index (χ1v) is 7.37. The summed E-state index contributed by atoms with van der Waals surface area (Å²) in [5.41, 5.74) is 3.59. The number of nitrogens with zero attached hydrogens (tertiary/aromatic N) is 3. The molecule has 0 aliphatic carbocycles. The highest BCUT2D eigenvalue weighted by molar-refractivity contribution is 5.48. The Morgan fingerprint density at radius 1 is 1.32 bits per heavy atom. The second-order valence-electron chi connectivity index (χ2n) is 5.93. The third-order valence-electron chi connectivity index (χ3n) is 4.25. The zero-order chi connectivity index (χ0) is 13.4. The lowest BCUT2D eigenvalue weighted by molar-refractivity contribution is 0.109. The normalized spacial score (nSPS) is 21.4. The minimum atomic E-state index is 0.494. The Balaban J connectivity index is 2.00. The molecule has 0 aromatic carbocycles. The summed E-state index contributed by atoms with van der Waals surface area (Å²) in [5.74, 6) is 0. The maximum atomic E-state index is 4.89. The summed E-state index contributed by atoms with van der Waals surface area (Å²) in [5, 5.41) is 0. The van der Waals surface area contributed by atoms with Gasteiger partial charge in [-0.25, -0.2) is 4.98 Å². The predicted molar refractivity (Wildman–Crippen MR) is 78.4 cm³/mol. The van der Waals surface area contributed by atoms with Gasteiger partial charge in [-0.2, -0.15) is 0 Å². The highest BCUT2D eigenvalue weighted by Crippen LogP contribution is 2.32. The van der Waals surface area contributed by atoms with Gasteiger partial charge in [0.05, 0.1) is 11.7 Å². The van der Waals surface area contributed by atoms with Crippen molar-refractivity contribution >= 4 is 5.65 Å². The summed E-state index contributed by atoms with van der Waals surface area (Å²) in [6.45, 7) is 7.92. The van der Waals surface area contributed by atoms with E-state index in [0.717, 1.165) is 5.65 Å². The van der Waals surface area contributed by atoms with Crippen LogP contribution in [0.25, 0.3) is 5.65 Å². The van der Waals surface area contributed by atoms with Gasteiger partial charge in [-0.15, -0.1) is 0 Å². The molecule has 2 aromatic heterocycles. The summed E-state index contributed by atoms with van der Waals surface area (Å²) >= 11 is 0. The Morgan fingerprint density at radius 3 is 2.89 bits per heavy atom. The largest absolute Gasteiger partial charge is 0.307 e. The van der Waals surface area contributed by atoms with Crippen molar-refractivity contribution in [3.8, 4) is 0 Å². The molecule has 1 unspecified atom stereocenters. The van der Waals surface area contributed by atoms with Crippen LogP contribution in [0.1, 0.15) is 50.4 Å². The van der Waals surface area contributed by atoms with E-state index < -0.39 is 0 Å². The minimum Gasteiger partial charge on any atom is -0.307 e. The van der Waals surface area contributed by atoms with Crippen LogP contribution in [0.15, 0.2) is 24.5 Å². The highest BCUT2D eigenvalue weighted by Gasteiger charge is 2.27. The van der Waals surface area contributed by atoms with E-state index in [1.807, 2.05) is 0 Å². The molecule has 3 nitrogen and oxygen atoms in total. The summed E-state index contributed by atoms with van der Waals surface area (Å²) in [6.07, 6.45) is 8.19. The van der Waals surface area contributed by atoms with Gasteiger partial charge in [-0.05, 0) is 51.8 Å². The Morgan fingerprint density at radius 2 is 2.16 bits per heavy atom. The minimum absolute atomic E-state index is 0.494. The number of hydrogen-bond donors (Lipinski definition) is 0. The molecule has 3 heterocycles. The zero-order valence-corrected chi connectivity index (χ0v) is 12.1. The fourth-order valence-electron chi connectivity index (χ4n) is 3.22. The average Bonchev–Trinajstić information content (AvgIpc) is 2.84. The molecular formula is C16H23N3. The monoisotopic (exact) mass is 257 g/mol. The third kappa shape index (κ3) is 2.27. The fraction of sp³-hybridized carbons (Fsp3) is 0.562. The second-order valence-corrected chi connectivity index (χ2v) is 5.93. The number of piperidine rings is 1. The number of rotatable bonds is 2. The Bertz CT molecular complexity index is 570. The Kier molecular flexibility index (Phi) is 3.31. The van der Waals surface area contributed by atoms with Crippen LogP contribution < -0.4 is 0 Å². The summed E-state index contributed by atoms with van der Waals surface area (Å²) in [6, 6.07) is 5.31. The van der Waals surface area contributed by atoms with Crippen molar-refractivity contribution in [1.82, 2.24) is 14.3 Å². The molecule has 1 saturated heterocycles. The molecule has 1 aliphatic heterocycles. The molecule has 3 heteroatoms. The quantitative estimate of drug-likeness (QED) is 0.819. The van der Waals surface area contributed by atoms with E-state index in [2.05, 4.69) is 54.6 Å². The lowest BCUT2D eigenvalue weighted by Gasteiger charge is -2.37. The molecule has 2 aromatic rings. The van der Waals surface area contributed by atoms with Crippen LogP contribution in [-0.2, 0) is 0 Å². The van der Waals surface area contributed by atoms with Crippen molar-refractivity contribution in [2.24, 2.45) is 0 Å². The van der Waals surface area contributed by atoms with Crippen LogP contribution in [-0.4, -0.2) is 26.9 Å². The number of fused-ring (bicyclic) bond motifs is 1. The van der Waals surface area contributed by atoms with Crippen LogP contribution in [0.5, 0.6) is 0 Å². The van der Waals surface area contributed by atoms with E-state index in [4.69, 9.17) is 4.98 Å². The van der Waals surface area contributed by atoms with Crippen LogP contribution in [0, 0.1) is 6.92 Å². The first-order chi connectivity index (χ1) is 9.16. The van der Waals surface area contributed by atoms with E-state index in [1.54, 1.807) is 0 Å². The number of hydrogen-bond acceptors (Lipinski definition) is 2. The number of imidazole rings is 1. The van der Waals surface area contributed by atoms with Crippen LogP contribution >= 0.6 is 0 Å². The first-order valence-electron chi connectivity index (χ1n) is 7.37. The number of aryl methyl sites for hydroxylation is 1. The topological polar surface area (TPSA) is 20.5 Å². The SMILES string of the molecule is Cc1cccn2cc(C3CCCCN3C(C)C)nc12. The van der Waals surface area contributed by atoms with Crippen molar-refractivity contribution < 1.29 is 0 Å². The number of aromatic nitrogens is 2. The second kappa shape index (κ2) is 4.97. The van der Waals surface area contributed by atoms with E-state index >= 15 is 0 Å². The lowest BCUT2D eigenvalue weighted by Crippen LogP contribution is -2.38. The van der Waals surface area contributed by atoms with Crippen molar-refractivity contribution in [2.75, 3.05) is 6.54 Å². The van der Waals surface area contributed by atoms with Gasteiger partial charge in [0.25, 0.3) is 0 Å². The van der Waals surface area contributed by atoms with Crippen molar-refractivity contribution in [2.45, 2.75) is 52.1 Å². The maximum Gasteiger partial charge on any atom is 0.139 e. The van der Waals surface area contributed by atoms with Crippen molar-refractivity contribution in [3.63, 3.8) is 0 Å². The summed E-state index contributed by atoms with van der Waals surface area (Å²) in [7, 11) is 0. The number of pyridine rings is 1. The van der Waals surface area contributed by atoms with Crippen LogP contribution in [0.3, 0.4) is 0 Å². The molecule has 3 rings (SSSR count). The van der Waals surface area contributed by atoms with E-state index in [0.29, 0.717) is 12.1 Å². The Labute approximate surface area is 115 Å². The van der Waals surface area contributed by atoms with Crippen LogP contribution in [0.2, 0.25) is 0 Å². The highest BCUT2D eigenvalue weighted by atomic mass is 15.2. The van der Waals surface area contributed by atoms with Gasteiger partial charge in [-0.3, -0.25) is 4.90 Å². The standard InChI is InChI=1S/C16H23N3/c1-12(2)19-10-5-4-8-15(19)14-11-18-9-6-7-13(3)16(18)17-14/h6-7,9,11-12,15H,4-5,8,10H2,1-3H3. The molecule has 1 aliphatic rings. The predicted octanol–water partition coefficient (Wildman–Crippen LogP) is 3.58. The van der Waals surface area contributed by atoms with Gasteiger partial charge in [-0.1, -0.05) is 12.5 Å². The lowest BCUT2D eigenvalue weighted by atomic mass is 9.98. The Hall–Kier alpha value is -1.35. The fourth-order valence-corrected chi connectivity index (χ4v) is 3.22. The van der Waals surface area contributed by atoms with Gasteiger partial charge >= 0.3 is 0 Å². The molecular weight excluding hydrogens is 234 g/mol. The first kappa shape index (κ1) is 12.7. The third-order valence-corrected chi connectivity index (χ3v) is 4.25. The summed E-state index contributed by atoms with van der Waals surface area (Å²) < 4.78 is 2.16. The molecule has 0 N–H and O–H groups in total. The van der Waals surface area contributed by atoms with Crippen molar-refractivity contribution in [3.05, 3.63) is 35.8 Å². The smallest absolute Gasteiger partial charge is 0.139 e. The van der Waals surface area contributed by atoms with Gasteiger partial charge in [0, 0.05) is 18.4 Å². The van der Waals surface area contributed by atoms with Gasteiger partial charge in [0.2, 0.25) is 0 Å². The average molecular weight is 257 g/mol.